The third kappa shape index (κ3) is 2.98. The summed E-state index contributed by atoms with van der Waals surface area (Å²) >= 11 is 5.79. The van der Waals surface area contributed by atoms with Gasteiger partial charge in [-0.15, -0.1) is 11.6 Å². The van der Waals surface area contributed by atoms with Gasteiger partial charge in [0.05, 0.1) is 0 Å². The molecule has 0 aromatic heterocycles. The van der Waals surface area contributed by atoms with Gasteiger partial charge >= 0.3 is 0 Å². The molecule has 0 saturated heterocycles. The first-order chi connectivity index (χ1) is 7.88. The Hall–Kier alpha value is -1.53. The fourth-order valence-corrected chi connectivity index (χ4v) is 1.70. The topological polar surface area (TPSA) is 0 Å². The molecule has 0 heterocycles. The first-order valence-corrected chi connectivity index (χ1v) is 5.80. The molecule has 0 aliphatic heterocycles. The molecular formula is C15H13Cl. The van der Waals surface area contributed by atoms with Crippen molar-refractivity contribution in [2.45, 2.75) is 5.88 Å². The van der Waals surface area contributed by atoms with Crippen LogP contribution >= 0.6 is 11.6 Å². The van der Waals surface area contributed by atoms with Crippen LogP contribution in [-0.4, -0.2) is 0 Å². The summed E-state index contributed by atoms with van der Waals surface area (Å²) in [6, 6.07) is 18.5. The molecule has 0 nitrogen and oxygen atoms in total. The number of hydrogen-bond donors (Lipinski definition) is 0. The van der Waals surface area contributed by atoms with Gasteiger partial charge in [-0.1, -0.05) is 66.7 Å². The van der Waals surface area contributed by atoms with Gasteiger partial charge in [-0.25, -0.2) is 0 Å². The predicted molar refractivity (Wildman–Crippen MR) is 71.4 cm³/mol. The van der Waals surface area contributed by atoms with E-state index in [4.69, 9.17) is 11.6 Å². The molecule has 0 unspecified atom stereocenters. The molecule has 2 rings (SSSR count). The number of hydrogen-bond acceptors (Lipinski definition) is 0. The lowest BCUT2D eigenvalue weighted by Crippen LogP contribution is -1.78. The van der Waals surface area contributed by atoms with Crippen molar-refractivity contribution in [3.8, 4) is 0 Å². The molecular weight excluding hydrogens is 216 g/mol. The molecule has 0 radical (unpaired) electrons. The molecule has 16 heavy (non-hydrogen) atoms. The summed E-state index contributed by atoms with van der Waals surface area (Å²) in [6.07, 6.45) is 4.21. The standard InChI is InChI=1S/C15H13Cl/c16-12-15-8-4-7-14(11-15)10-9-13-5-2-1-3-6-13/h1-11H,12H2. The highest BCUT2D eigenvalue weighted by molar-refractivity contribution is 6.17. The van der Waals surface area contributed by atoms with Crippen molar-refractivity contribution in [1.82, 2.24) is 0 Å². The Morgan fingerprint density at radius 2 is 1.50 bits per heavy atom. The van der Waals surface area contributed by atoms with E-state index in [0.29, 0.717) is 5.88 Å². The molecule has 2 aromatic rings. The quantitative estimate of drug-likeness (QED) is 0.532. The van der Waals surface area contributed by atoms with E-state index in [1.54, 1.807) is 0 Å². The van der Waals surface area contributed by atoms with Crippen LogP contribution in [0.25, 0.3) is 12.2 Å². The van der Waals surface area contributed by atoms with Gasteiger partial charge in [0.25, 0.3) is 0 Å². The third-order valence-corrected chi connectivity index (χ3v) is 2.68. The lowest BCUT2D eigenvalue weighted by molar-refractivity contribution is 1.39. The Labute approximate surface area is 101 Å². The Balaban J connectivity index is 2.17. The van der Waals surface area contributed by atoms with Gasteiger partial charge < -0.3 is 0 Å². The van der Waals surface area contributed by atoms with Crippen LogP contribution in [-0.2, 0) is 5.88 Å². The van der Waals surface area contributed by atoms with Crippen molar-refractivity contribution < 1.29 is 0 Å². The second kappa shape index (κ2) is 5.53. The smallest absolute Gasteiger partial charge is 0.0474 e. The van der Waals surface area contributed by atoms with E-state index in [-0.39, 0.29) is 0 Å². The lowest BCUT2D eigenvalue weighted by Gasteiger charge is -1.97. The van der Waals surface area contributed by atoms with Crippen LogP contribution in [0.5, 0.6) is 0 Å². The molecule has 80 valence electrons. The van der Waals surface area contributed by atoms with E-state index in [1.807, 2.05) is 30.3 Å². The minimum absolute atomic E-state index is 0.563. The largest absolute Gasteiger partial charge is 0.122 e. The molecule has 0 aliphatic carbocycles. The maximum Gasteiger partial charge on any atom is 0.0474 e. The Kier molecular flexibility index (Phi) is 3.79. The Morgan fingerprint density at radius 1 is 0.812 bits per heavy atom. The van der Waals surface area contributed by atoms with Crippen LogP contribution in [0.4, 0.5) is 0 Å². The van der Waals surface area contributed by atoms with E-state index in [2.05, 4.69) is 36.4 Å². The van der Waals surface area contributed by atoms with Crippen LogP contribution in [0.3, 0.4) is 0 Å². The zero-order valence-corrected chi connectivity index (χ0v) is 9.69. The van der Waals surface area contributed by atoms with Crippen LogP contribution in [0.15, 0.2) is 54.6 Å². The van der Waals surface area contributed by atoms with E-state index >= 15 is 0 Å². The van der Waals surface area contributed by atoms with Gasteiger partial charge in [0, 0.05) is 5.88 Å². The third-order valence-electron chi connectivity index (χ3n) is 2.37. The molecule has 0 saturated carbocycles. The fraction of sp³-hybridized carbons (Fsp3) is 0.0667. The molecule has 0 bridgehead atoms. The first-order valence-electron chi connectivity index (χ1n) is 5.26. The number of halogens is 1. The summed E-state index contributed by atoms with van der Waals surface area (Å²) in [7, 11) is 0. The molecule has 0 spiro atoms. The normalized spacial score (nSPS) is 10.8. The van der Waals surface area contributed by atoms with Crippen LogP contribution in [0, 0.1) is 0 Å². The van der Waals surface area contributed by atoms with Crippen molar-refractivity contribution in [2.24, 2.45) is 0 Å². The molecule has 1 heteroatoms. The first kappa shape index (κ1) is 11.0. The average Bonchev–Trinajstić information content (AvgIpc) is 2.38. The number of rotatable bonds is 3. The molecule has 0 aliphatic rings. The van der Waals surface area contributed by atoms with Crippen LogP contribution in [0.2, 0.25) is 0 Å². The van der Waals surface area contributed by atoms with Gasteiger partial charge in [0.15, 0.2) is 0 Å². The molecule has 0 atom stereocenters. The highest BCUT2D eigenvalue weighted by Crippen LogP contribution is 2.11. The van der Waals surface area contributed by atoms with Gasteiger partial charge in [-0.05, 0) is 16.7 Å². The SMILES string of the molecule is ClCc1cccc(C=Cc2ccccc2)c1. The maximum absolute atomic E-state index is 5.79. The highest BCUT2D eigenvalue weighted by atomic mass is 35.5. The predicted octanol–water partition coefficient (Wildman–Crippen LogP) is 4.60. The van der Waals surface area contributed by atoms with Crippen molar-refractivity contribution in [3.05, 3.63) is 71.3 Å². The molecule has 0 amide bonds. The second-order valence-corrected chi connectivity index (χ2v) is 3.89. The molecule has 0 fully saturated rings. The Morgan fingerprint density at radius 3 is 2.25 bits per heavy atom. The van der Waals surface area contributed by atoms with Gasteiger partial charge in [-0.3, -0.25) is 0 Å². The summed E-state index contributed by atoms with van der Waals surface area (Å²) in [6.45, 7) is 0. The van der Waals surface area contributed by atoms with Crippen molar-refractivity contribution in [2.75, 3.05) is 0 Å². The summed E-state index contributed by atoms with van der Waals surface area (Å²) < 4.78 is 0. The number of benzene rings is 2. The molecule has 2 aromatic carbocycles. The van der Waals surface area contributed by atoms with E-state index in [9.17, 15) is 0 Å². The minimum atomic E-state index is 0.563. The number of alkyl halides is 1. The maximum atomic E-state index is 5.79. The summed E-state index contributed by atoms with van der Waals surface area (Å²) in [5.74, 6) is 0.563. The summed E-state index contributed by atoms with van der Waals surface area (Å²) in [4.78, 5) is 0. The fourth-order valence-electron chi connectivity index (χ4n) is 1.54. The minimum Gasteiger partial charge on any atom is -0.122 e. The zero-order valence-electron chi connectivity index (χ0n) is 8.94. The Bertz CT molecular complexity index is 472. The van der Waals surface area contributed by atoms with E-state index < -0.39 is 0 Å². The van der Waals surface area contributed by atoms with E-state index in [1.165, 1.54) is 11.1 Å². The highest BCUT2D eigenvalue weighted by Gasteiger charge is 1.91. The zero-order chi connectivity index (χ0) is 11.2. The van der Waals surface area contributed by atoms with Crippen molar-refractivity contribution >= 4 is 23.8 Å². The second-order valence-electron chi connectivity index (χ2n) is 3.62. The van der Waals surface area contributed by atoms with Gasteiger partial charge in [0.2, 0.25) is 0 Å². The van der Waals surface area contributed by atoms with Gasteiger partial charge in [-0.2, -0.15) is 0 Å². The van der Waals surface area contributed by atoms with Crippen molar-refractivity contribution in [1.29, 1.82) is 0 Å². The monoisotopic (exact) mass is 228 g/mol. The van der Waals surface area contributed by atoms with Crippen LogP contribution in [0.1, 0.15) is 16.7 Å². The van der Waals surface area contributed by atoms with Gasteiger partial charge in [0.1, 0.15) is 0 Å². The summed E-state index contributed by atoms with van der Waals surface area (Å²) in [5.41, 5.74) is 3.54. The lowest BCUT2D eigenvalue weighted by atomic mass is 10.1. The van der Waals surface area contributed by atoms with E-state index in [0.717, 1.165) is 5.56 Å². The van der Waals surface area contributed by atoms with Crippen molar-refractivity contribution in [3.63, 3.8) is 0 Å². The summed E-state index contributed by atoms with van der Waals surface area (Å²) in [5, 5.41) is 0. The average molecular weight is 229 g/mol. The van der Waals surface area contributed by atoms with Crippen LogP contribution < -0.4 is 0 Å². The molecule has 0 N–H and O–H groups in total.